The van der Waals surface area contributed by atoms with E-state index < -0.39 is 10.0 Å². The van der Waals surface area contributed by atoms with Crippen LogP contribution < -0.4 is 5.32 Å². The molecule has 1 amide bonds. The van der Waals surface area contributed by atoms with Crippen molar-refractivity contribution in [1.82, 2.24) is 24.4 Å². The number of nitrogens with one attached hydrogen (secondary N) is 1. The average Bonchev–Trinajstić information content (AvgIpc) is 3.40. The number of sulfonamides is 1. The standard InChI is InChI=1S/C26H25N5O3S/c32-26(28-15-20-5-3-6-21(13-20)16-30-19-27-18-29-30)23-9-4-10-25(14-23)35(33,34)31-12-11-22-7-1-2-8-24(22)17-31/h1-10,13-14,18-19H,11-12,15-17H2,(H,28,32). The van der Waals surface area contributed by atoms with Crippen LogP contribution in [0.25, 0.3) is 0 Å². The van der Waals surface area contributed by atoms with E-state index >= 15 is 0 Å². The molecule has 2 heterocycles. The van der Waals surface area contributed by atoms with Crippen LogP contribution in [0.4, 0.5) is 0 Å². The molecule has 1 aromatic heterocycles. The first-order valence-corrected chi connectivity index (χ1v) is 12.8. The lowest BCUT2D eigenvalue weighted by Gasteiger charge is -2.28. The van der Waals surface area contributed by atoms with Crippen LogP contribution in [-0.2, 0) is 36.1 Å². The molecule has 0 unspecified atom stereocenters. The monoisotopic (exact) mass is 487 g/mol. The SMILES string of the molecule is O=C(NCc1cccc(Cn2cncn2)c1)c1cccc(S(=O)(=O)N2CCc3ccccc3C2)c1. The average molecular weight is 488 g/mol. The summed E-state index contributed by atoms with van der Waals surface area (Å²) >= 11 is 0. The van der Waals surface area contributed by atoms with Gasteiger partial charge in [-0.2, -0.15) is 9.40 Å². The molecule has 5 rings (SSSR count). The van der Waals surface area contributed by atoms with Gasteiger partial charge in [0.25, 0.3) is 5.91 Å². The Labute approximate surface area is 204 Å². The molecule has 35 heavy (non-hydrogen) atoms. The number of carbonyl (C=O) groups excluding carboxylic acids is 1. The molecule has 0 saturated heterocycles. The number of rotatable bonds is 7. The second-order valence-corrected chi connectivity index (χ2v) is 10.4. The van der Waals surface area contributed by atoms with Gasteiger partial charge in [0, 0.05) is 25.2 Å². The molecule has 0 aliphatic carbocycles. The number of aromatic nitrogens is 3. The quantitative estimate of drug-likeness (QED) is 0.432. The van der Waals surface area contributed by atoms with E-state index in [1.807, 2.05) is 48.5 Å². The molecule has 4 aromatic rings. The van der Waals surface area contributed by atoms with Gasteiger partial charge in [0.05, 0.1) is 11.4 Å². The zero-order valence-corrected chi connectivity index (χ0v) is 19.9. The van der Waals surface area contributed by atoms with Crippen molar-refractivity contribution in [1.29, 1.82) is 0 Å². The lowest BCUT2D eigenvalue weighted by atomic mass is 10.0. The summed E-state index contributed by atoms with van der Waals surface area (Å²) in [7, 11) is -3.72. The van der Waals surface area contributed by atoms with Gasteiger partial charge in [-0.15, -0.1) is 0 Å². The summed E-state index contributed by atoms with van der Waals surface area (Å²) in [6.07, 6.45) is 3.81. The summed E-state index contributed by atoms with van der Waals surface area (Å²) < 4.78 is 29.8. The van der Waals surface area contributed by atoms with E-state index in [1.165, 1.54) is 22.3 Å². The third-order valence-electron chi connectivity index (χ3n) is 6.09. The van der Waals surface area contributed by atoms with Gasteiger partial charge in [0.15, 0.2) is 0 Å². The minimum absolute atomic E-state index is 0.124. The van der Waals surface area contributed by atoms with Gasteiger partial charge in [-0.3, -0.25) is 4.79 Å². The van der Waals surface area contributed by atoms with Gasteiger partial charge in [-0.05, 0) is 46.9 Å². The molecular formula is C26H25N5O3S. The summed E-state index contributed by atoms with van der Waals surface area (Å²) in [5.74, 6) is -0.326. The van der Waals surface area contributed by atoms with Crippen LogP contribution in [0.1, 0.15) is 32.6 Å². The molecule has 178 valence electrons. The maximum Gasteiger partial charge on any atom is 0.251 e. The van der Waals surface area contributed by atoms with Gasteiger partial charge in [0.1, 0.15) is 12.7 Å². The molecule has 9 heteroatoms. The predicted molar refractivity (Wildman–Crippen MR) is 131 cm³/mol. The van der Waals surface area contributed by atoms with Crippen molar-refractivity contribution in [2.45, 2.75) is 31.0 Å². The fourth-order valence-corrected chi connectivity index (χ4v) is 5.71. The minimum Gasteiger partial charge on any atom is -0.348 e. The van der Waals surface area contributed by atoms with E-state index in [9.17, 15) is 13.2 Å². The van der Waals surface area contributed by atoms with Crippen LogP contribution in [0.2, 0.25) is 0 Å². The van der Waals surface area contributed by atoms with Crippen molar-refractivity contribution in [3.05, 3.63) is 113 Å². The molecule has 0 atom stereocenters. The van der Waals surface area contributed by atoms with E-state index in [0.29, 0.717) is 38.2 Å². The number of carbonyl (C=O) groups is 1. The van der Waals surface area contributed by atoms with E-state index in [0.717, 1.165) is 16.7 Å². The van der Waals surface area contributed by atoms with Gasteiger partial charge < -0.3 is 5.32 Å². The van der Waals surface area contributed by atoms with Crippen LogP contribution in [0.5, 0.6) is 0 Å². The molecule has 1 N–H and O–H groups in total. The first-order valence-electron chi connectivity index (χ1n) is 11.3. The Morgan fingerprint density at radius 2 is 1.74 bits per heavy atom. The van der Waals surface area contributed by atoms with E-state index in [-0.39, 0.29) is 10.8 Å². The van der Waals surface area contributed by atoms with E-state index in [1.54, 1.807) is 29.2 Å². The third-order valence-corrected chi connectivity index (χ3v) is 7.93. The highest BCUT2D eigenvalue weighted by atomic mass is 32.2. The normalized spacial score (nSPS) is 13.8. The predicted octanol–water partition coefficient (Wildman–Crippen LogP) is 3.00. The molecular weight excluding hydrogens is 462 g/mol. The Kier molecular flexibility index (Phi) is 6.43. The van der Waals surface area contributed by atoms with Crippen molar-refractivity contribution < 1.29 is 13.2 Å². The second kappa shape index (κ2) is 9.81. The lowest BCUT2D eigenvalue weighted by molar-refractivity contribution is 0.0950. The Morgan fingerprint density at radius 1 is 0.943 bits per heavy atom. The third kappa shape index (κ3) is 5.16. The number of hydrogen-bond acceptors (Lipinski definition) is 5. The first kappa shape index (κ1) is 22.9. The lowest BCUT2D eigenvalue weighted by Crippen LogP contribution is -2.36. The van der Waals surface area contributed by atoms with Gasteiger partial charge in [0.2, 0.25) is 10.0 Å². The number of nitrogens with zero attached hydrogens (tertiary/aromatic N) is 4. The van der Waals surface area contributed by atoms with E-state index in [2.05, 4.69) is 15.4 Å². The Hall–Kier alpha value is -3.82. The van der Waals surface area contributed by atoms with Gasteiger partial charge in [-0.25, -0.2) is 18.1 Å². The maximum atomic E-state index is 13.3. The Morgan fingerprint density at radius 3 is 2.57 bits per heavy atom. The summed E-state index contributed by atoms with van der Waals surface area (Å²) in [4.78, 5) is 16.9. The topological polar surface area (TPSA) is 97.2 Å². The van der Waals surface area contributed by atoms with Crippen molar-refractivity contribution >= 4 is 15.9 Å². The van der Waals surface area contributed by atoms with Crippen LogP contribution in [0, 0.1) is 0 Å². The highest BCUT2D eigenvalue weighted by molar-refractivity contribution is 7.89. The zero-order chi connectivity index (χ0) is 24.3. The van der Waals surface area contributed by atoms with Gasteiger partial charge in [-0.1, -0.05) is 54.6 Å². The highest BCUT2D eigenvalue weighted by Crippen LogP contribution is 2.25. The fraction of sp³-hybridized carbons (Fsp3) is 0.192. The van der Waals surface area contributed by atoms with Crippen LogP contribution >= 0.6 is 0 Å². The van der Waals surface area contributed by atoms with Crippen molar-refractivity contribution in [2.75, 3.05) is 6.54 Å². The molecule has 0 saturated carbocycles. The first-order chi connectivity index (χ1) is 17.0. The summed E-state index contributed by atoms with van der Waals surface area (Å²) in [5.41, 5.74) is 4.48. The van der Waals surface area contributed by atoms with Crippen molar-refractivity contribution in [3.8, 4) is 0 Å². The van der Waals surface area contributed by atoms with Crippen LogP contribution in [0.15, 0.2) is 90.3 Å². The fourth-order valence-electron chi connectivity index (χ4n) is 4.25. The molecule has 0 spiro atoms. The zero-order valence-electron chi connectivity index (χ0n) is 19.0. The Bertz CT molecular complexity index is 1450. The minimum atomic E-state index is -3.72. The number of amides is 1. The highest BCUT2D eigenvalue weighted by Gasteiger charge is 2.28. The number of fused-ring (bicyclic) bond motifs is 1. The second-order valence-electron chi connectivity index (χ2n) is 8.48. The maximum absolute atomic E-state index is 13.3. The summed E-state index contributed by atoms with van der Waals surface area (Å²) in [6.45, 7) is 1.66. The number of hydrogen-bond donors (Lipinski definition) is 1. The number of benzene rings is 3. The molecule has 0 radical (unpaired) electrons. The van der Waals surface area contributed by atoms with Crippen LogP contribution in [0.3, 0.4) is 0 Å². The van der Waals surface area contributed by atoms with Crippen molar-refractivity contribution in [2.24, 2.45) is 0 Å². The smallest absolute Gasteiger partial charge is 0.251 e. The Balaban J connectivity index is 1.26. The molecule has 1 aliphatic heterocycles. The van der Waals surface area contributed by atoms with Crippen LogP contribution in [-0.4, -0.2) is 39.9 Å². The molecule has 8 nitrogen and oxygen atoms in total. The molecule has 0 bridgehead atoms. The summed E-state index contributed by atoms with van der Waals surface area (Å²) in [5, 5.41) is 7.00. The summed E-state index contributed by atoms with van der Waals surface area (Å²) in [6, 6.07) is 22.0. The molecule has 3 aromatic carbocycles. The molecule has 1 aliphatic rings. The largest absolute Gasteiger partial charge is 0.348 e. The molecule has 0 fully saturated rings. The van der Waals surface area contributed by atoms with Gasteiger partial charge >= 0.3 is 0 Å². The van der Waals surface area contributed by atoms with E-state index in [4.69, 9.17) is 0 Å². The van der Waals surface area contributed by atoms with Crippen molar-refractivity contribution in [3.63, 3.8) is 0 Å².